The van der Waals surface area contributed by atoms with Crippen molar-refractivity contribution in [3.8, 4) is 0 Å². The van der Waals surface area contributed by atoms with Crippen LogP contribution in [0.5, 0.6) is 0 Å². The monoisotopic (exact) mass is 788 g/mol. The van der Waals surface area contributed by atoms with Crippen molar-refractivity contribution >= 4 is 65.7 Å². The second-order valence-corrected chi connectivity index (χ2v) is 46.7. The van der Waals surface area contributed by atoms with E-state index in [1.54, 1.807) is 0 Å². The Kier molecular flexibility index (Phi) is 9.31. The van der Waals surface area contributed by atoms with Crippen molar-refractivity contribution in [1.82, 2.24) is 0 Å². The zero-order chi connectivity index (χ0) is 22.5. The Morgan fingerprint density at radius 3 is 2.20 bits per heavy atom. The van der Waals surface area contributed by atoms with Crippen LogP contribution in [-0.4, -0.2) is 5.78 Å². The van der Waals surface area contributed by atoms with Crippen LogP contribution in [0.2, 0.25) is 0 Å². The Balaban J connectivity index is 0.000000589. The first-order valence-electron chi connectivity index (χ1n) is 12.0. The summed E-state index contributed by atoms with van der Waals surface area (Å²) in [6, 6.07) is 0. The molecule has 4 aliphatic rings. The molecule has 0 aromatic rings. The van der Waals surface area contributed by atoms with Crippen molar-refractivity contribution in [2.75, 3.05) is 0 Å². The summed E-state index contributed by atoms with van der Waals surface area (Å²) in [5.74, 6) is 7.69. The number of allylic oxidation sites excluding steroid dienone is 1. The zero-order valence-corrected chi connectivity index (χ0v) is 27.5. The van der Waals surface area contributed by atoms with Gasteiger partial charge in [0.25, 0.3) is 0 Å². The van der Waals surface area contributed by atoms with Gasteiger partial charge in [-0.1, -0.05) is 60.5 Å². The molecular formula is C25H40I3OV. The van der Waals surface area contributed by atoms with E-state index in [2.05, 4.69) is 114 Å². The molecule has 0 heterocycles. The first-order chi connectivity index (χ1) is 13.9. The average molecular weight is 788 g/mol. The van der Waals surface area contributed by atoms with E-state index in [4.69, 9.17) is 0 Å². The van der Waals surface area contributed by atoms with Crippen LogP contribution in [0.1, 0.15) is 74.1 Å². The summed E-state index contributed by atoms with van der Waals surface area (Å²) in [6.45, 7) is 17.2. The van der Waals surface area contributed by atoms with Crippen molar-refractivity contribution < 1.29 is 9.72 Å². The van der Waals surface area contributed by atoms with Crippen LogP contribution in [0.3, 0.4) is 0 Å². The van der Waals surface area contributed by atoms with Crippen molar-refractivity contribution in [2.24, 2.45) is 64.6 Å². The number of carbonyl (C=O) groups excluding carboxylic acids is 1. The molecule has 172 valence electrons. The molecule has 0 aliphatic heterocycles. The van der Waals surface area contributed by atoms with E-state index in [9.17, 15) is 4.79 Å². The number of halogens is 3. The third-order valence-corrected chi connectivity index (χ3v) is 9.96. The second kappa shape index (κ2) is 10.4. The van der Waals surface area contributed by atoms with E-state index in [0.29, 0.717) is 23.0 Å². The molecular weight excluding hydrogens is 748 g/mol. The van der Waals surface area contributed by atoms with Gasteiger partial charge < -0.3 is 0 Å². The standard InChI is InChI=1S/C25H40O.3HI.V/c1-8-19-13(2)10-20-22-14(3)9-18-11-21(26)16(5)17(6)24(18)23(22)15(4)12-25(19,20)7;;;;/h11,13-17,19-20,22-24H,8-10,12H2,1-7H3;3*1H;/q;;;;+3/p-3/t13?,14-,15?,16?,17?,19+,20?,22?,23?,24?,25?;;;;/m1..../s1. The fraction of sp³-hybridized carbons (Fsp3) is 0.880. The van der Waals surface area contributed by atoms with Crippen LogP contribution in [0.4, 0.5) is 0 Å². The van der Waals surface area contributed by atoms with Gasteiger partial charge in [0.05, 0.1) is 0 Å². The van der Waals surface area contributed by atoms with Gasteiger partial charge in [-0.3, -0.25) is 4.79 Å². The fourth-order valence-corrected chi connectivity index (χ4v) is 8.99. The van der Waals surface area contributed by atoms with Gasteiger partial charge in [-0.15, -0.1) is 0 Å². The molecule has 0 amide bonds. The van der Waals surface area contributed by atoms with Crippen LogP contribution in [-0.2, 0) is 9.72 Å². The molecule has 3 fully saturated rings. The number of hydrogen-bond acceptors (Lipinski definition) is 1. The van der Waals surface area contributed by atoms with Crippen LogP contribution < -0.4 is 0 Å². The quantitative estimate of drug-likeness (QED) is 0.243. The molecule has 0 spiro atoms. The van der Waals surface area contributed by atoms with Gasteiger partial charge >= 0.3 is 64.9 Å². The van der Waals surface area contributed by atoms with Crippen molar-refractivity contribution in [3.05, 3.63) is 11.6 Å². The molecule has 4 aliphatic carbocycles. The molecule has 0 bridgehead atoms. The summed E-state index contributed by atoms with van der Waals surface area (Å²) < 4.78 is 0. The Labute approximate surface area is 223 Å². The molecule has 5 heteroatoms. The minimum absolute atomic E-state index is 0.212. The normalized spacial score (nSPS) is 50.1. The van der Waals surface area contributed by atoms with Crippen molar-refractivity contribution in [2.45, 2.75) is 74.1 Å². The molecule has 1 nitrogen and oxygen atoms in total. The predicted octanol–water partition coefficient (Wildman–Crippen LogP) is 9.04. The molecule has 0 radical (unpaired) electrons. The molecule has 0 saturated heterocycles. The molecule has 0 aromatic heterocycles. The van der Waals surface area contributed by atoms with Gasteiger partial charge in [0.15, 0.2) is 5.78 Å². The van der Waals surface area contributed by atoms with Crippen molar-refractivity contribution in [1.29, 1.82) is 0 Å². The summed E-state index contributed by atoms with van der Waals surface area (Å²) in [5.41, 5.74) is 2.06. The molecule has 0 aromatic carbocycles. The third kappa shape index (κ3) is 4.80. The topological polar surface area (TPSA) is 17.1 Å². The summed E-state index contributed by atoms with van der Waals surface area (Å²) in [5, 5.41) is 0. The van der Waals surface area contributed by atoms with E-state index in [1.165, 1.54) is 31.3 Å². The van der Waals surface area contributed by atoms with Gasteiger partial charge in [0.1, 0.15) is 0 Å². The number of hydrogen-bond donors (Lipinski definition) is 0. The predicted molar refractivity (Wildman–Crippen MR) is 151 cm³/mol. The first-order valence-corrected chi connectivity index (χ1v) is 25.5. The molecule has 3 saturated carbocycles. The molecule has 30 heavy (non-hydrogen) atoms. The van der Waals surface area contributed by atoms with E-state index < -0.39 is 0 Å². The minimum atomic E-state index is -0.278. The van der Waals surface area contributed by atoms with Gasteiger partial charge in [-0.2, -0.15) is 0 Å². The Bertz CT molecular complexity index is 677. The molecule has 4 rings (SSSR count). The van der Waals surface area contributed by atoms with Crippen LogP contribution >= 0.6 is 59.9 Å². The Hall–Kier alpha value is 2.18. The number of carbonyl (C=O) groups is 1. The van der Waals surface area contributed by atoms with Gasteiger partial charge in [0.2, 0.25) is 0 Å². The van der Waals surface area contributed by atoms with E-state index in [-0.39, 0.29) is 10.8 Å². The number of rotatable bonds is 1. The first kappa shape index (κ1) is 26.8. The van der Waals surface area contributed by atoms with E-state index in [1.807, 2.05) is 0 Å². The molecule has 9 unspecified atom stereocenters. The summed E-state index contributed by atoms with van der Waals surface area (Å²) >= 11 is 7.39. The van der Waals surface area contributed by atoms with Crippen LogP contribution in [0.15, 0.2) is 11.6 Å². The number of fused-ring (bicyclic) bond motifs is 5. The third-order valence-electron chi connectivity index (χ3n) is 9.96. The van der Waals surface area contributed by atoms with Gasteiger partial charge in [0, 0.05) is 5.92 Å². The van der Waals surface area contributed by atoms with Gasteiger partial charge in [-0.25, -0.2) is 0 Å². The van der Waals surface area contributed by atoms with Gasteiger partial charge in [-0.05, 0) is 84.0 Å². The summed E-state index contributed by atoms with van der Waals surface area (Å²) in [7, 11) is 0. The number of ketones is 1. The van der Waals surface area contributed by atoms with Crippen molar-refractivity contribution in [3.63, 3.8) is 0 Å². The zero-order valence-electron chi connectivity index (χ0n) is 19.7. The van der Waals surface area contributed by atoms with E-state index >= 15 is 0 Å². The maximum atomic E-state index is 12.5. The fourth-order valence-electron chi connectivity index (χ4n) is 8.99. The van der Waals surface area contributed by atoms with Crippen LogP contribution in [0, 0.1) is 64.6 Å². The molecule has 0 N–H and O–H groups in total. The summed E-state index contributed by atoms with van der Waals surface area (Å²) in [6.07, 6.45) is 7.46. The van der Waals surface area contributed by atoms with Crippen LogP contribution in [0.25, 0.3) is 0 Å². The Morgan fingerprint density at radius 2 is 1.63 bits per heavy atom. The summed E-state index contributed by atoms with van der Waals surface area (Å²) in [4.78, 5) is 12.2. The molecule has 11 atom stereocenters. The Morgan fingerprint density at radius 1 is 1.03 bits per heavy atom. The average Bonchev–Trinajstić information content (AvgIpc) is 2.88. The second-order valence-electron chi connectivity index (χ2n) is 11.3. The maximum absolute atomic E-state index is 12.5. The SMILES string of the molecule is CC[C@H]1C(C)CC2C3C(C(C)CC21C)C1C(=CC(=O)C(C)C1C)C[C@H]3C.[I][V]([I])[I]. The van der Waals surface area contributed by atoms with E-state index in [0.717, 1.165) is 41.4 Å².